The third kappa shape index (κ3) is 2.07. The zero-order chi connectivity index (χ0) is 18.8. The van der Waals surface area contributed by atoms with Crippen molar-refractivity contribution in [3.05, 3.63) is 81.3 Å². The molecule has 6 rings (SSSR count). The van der Waals surface area contributed by atoms with Crippen LogP contribution in [0.3, 0.4) is 0 Å². The quantitative estimate of drug-likeness (QED) is 0.735. The molecule has 2 aliphatic heterocycles. The molecule has 3 aliphatic rings. The lowest BCUT2D eigenvalue weighted by atomic mass is 9.80. The van der Waals surface area contributed by atoms with Crippen molar-refractivity contribution in [2.24, 2.45) is 5.92 Å². The maximum atomic E-state index is 13.4. The maximum absolute atomic E-state index is 13.4. The Labute approximate surface area is 163 Å². The number of aryl methyl sites for hydroxylation is 2. The molecule has 0 spiro atoms. The molecule has 1 aliphatic carbocycles. The van der Waals surface area contributed by atoms with Crippen molar-refractivity contribution in [2.75, 3.05) is 4.90 Å². The monoisotopic (exact) mass is 370 g/mol. The first-order valence-electron chi connectivity index (χ1n) is 10.2. The highest BCUT2D eigenvalue weighted by atomic mass is 16.3. The number of aliphatic hydroxyl groups excluding tert-OH is 1. The van der Waals surface area contributed by atoms with Gasteiger partial charge in [0.05, 0.1) is 16.8 Å². The number of hydrogen-bond acceptors (Lipinski definition) is 3. The summed E-state index contributed by atoms with van der Waals surface area (Å²) in [6.07, 6.45) is 5.67. The summed E-state index contributed by atoms with van der Waals surface area (Å²) in [7, 11) is 0. The molecule has 0 bridgehead atoms. The number of rotatable bonds is 2. The van der Waals surface area contributed by atoms with E-state index >= 15 is 0 Å². The molecule has 1 unspecified atom stereocenters. The zero-order valence-corrected chi connectivity index (χ0v) is 15.6. The first-order chi connectivity index (χ1) is 13.7. The number of hydrogen-bond donors (Lipinski definition) is 1. The van der Waals surface area contributed by atoms with Gasteiger partial charge in [0, 0.05) is 23.3 Å². The van der Waals surface area contributed by atoms with Crippen LogP contribution >= 0.6 is 0 Å². The molecule has 0 amide bonds. The fourth-order valence-corrected chi connectivity index (χ4v) is 5.07. The van der Waals surface area contributed by atoms with Crippen molar-refractivity contribution in [2.45, 2.75) is 38.5 Å². The average molecular weight is 370 g/mol. The van der Waals surface area contributed by atoms with E-state index in [-0.39, 0.29) is 5.43 Å². The summed E-state index contributed by atoms with van der Waals surface area (Å²) < 4.78 is 2.26. The van der Waals surface area contributed by atoms with Gasteiger partial charge < -0.3 is 14.6 Å². The molecule has 3 aromatic rings. The molecular formula is C24H22N2O2. The lowest BCUT2D eigenvalue weighted by Gasteiger charge is -2.42. The van der Waals surface area contributed by atoms with Gasteiger partial charge in [-0.3, -0.25) is 4.79 Å². The molecule has 4 heteroatoms. The Balaban J connectivity index is 1.66. The predicted molar refractivity (Wildman–Crippen MR) is 111 cm³/mol. The highest BCUT2D eigenvalue weighted by Crippen LogP contribution is 2.45. The van der Waals surface area contributed by atoms with E-state index in [2.05, 4.69) is 16.7 Å². The fraction of sp³-hybridized carbons (Fsp3) is 0.292. The zero-order valence-electron chi connectivity index (χ0n) is 15.6. The largest absolute Gasteiger partial charge is 0.369 e. The highest BCUT2D eigenvalue weighted by molar-refractivity contribution is 5.87. The molecule has 140 valence electrons. The standard InChI is InChI=1S/C24H22N2O2/c27-23-18-11-5-8-16-12-13-25(22(16)18)20-14-19(15-6-4-7-15)26(24(28)21(20)23)17-9-2-1-3-10-17/h1-3,5,8-11,14-15,24,28H,4,6-7,12-13H2. The van der Waals surface area contributed by atoms with E-state index in [1.165, 1.54) is 12.0 Å². The average Bonchev–Trinajstić information content (AvgIpc) is 3.10. The summed E-state index contributed by atoms with van der Waals surface area (Å²) in [5, 5.41) is 12.2. The van der Waals surface area contributed by atoms with Crippen molar-refractivity contribution in [3.63, 3.8) is 0 Å². The number of nitrogens with zero attached hydrogens (tertiary/aromatic N) is 2. The number of para-hydroxylation sites is 2. The Morgan fingerprint density at radius 1 is 1.00 bits per heavy atom. The van der Waals surface area contributed by atoms with Gasteiger partial charge in [0.2, 0.25) is 0 Å². The SMILES string of the molecule is O=c1c2c(n3c4c(cccc14)CC3)C=C(C1CCC1)N(c1ccccc1)C2O. The van der Waals surface area contributed by atoms with Gasteiger partial charge in [0.1, 0.15) is 0 Å². The van der Waals surface area contributed by atoms with Crippen molar-refractivity contribution in [1.82, 2.24) is 4.57 Å². The smallest absolute Gasteiger partial charge is 0.197 e. The molecule has 4 nitrogen and oxygen atoms in total. The van der Waals surface area contributed by atoms with Crippen LogP contribution in [0.5, 0.6) is 0 Å². The van der Waals surface area contributed by atoms with Crippen molar-refractivity contribution < 1.29 is 5.11 Å². The van der Waals surface area contributed by atoms with Crippen molar-refractivity contribution in [3.8, 4) is 0 Å². The molecule has 3 heterocycles. The van der Waals surface area contributed by atoms with Crippen LogP contribution in [0.2, 0.25) is 0 Å². The van der Waals surface area contributed by atoms with Gasteiger partial charge in [-0.15, -0.1) is 0 Å². The number of aliphatic hydroxyl groups is 1. The topological polar surface area (TPSA) is 45.5 Å². The number of pyridine rings is 1. The van der Waals surface area contributed by atoms with E-state index in [9.17, 15) is 9.90 Å². The minimum atomic E-state index is -0.956. The number of anilines is 1. The van der Waals surface area contributed by atoms with Gasteiger partial charge in [0.15, 0.2) is 11.7 Å². The summed E-state index contributed by atoms with van der Waals surface area (Å²) in [4.78, 5) is 15.4. The third-order valence-electron chi connectivity index (χ3n) is 6.67. The van der Waals surface area contributed by atoms with Crippen LogP contribution in [-0.2, 0) is 13.0 Å². The molecular weight excluding hydrogens is 348 g/mol. The van der Waals surface area contributed by atoms with Crippen molar-refractivity contribution in [1.29, 1.82) is 0 Å². The Morgan fingerprint density at radius 2 is 1.82 bits per heavy atom. The van der Waals surface area contributed by atoms with Gasteiger partial charge in [-0.25, -0.2) is 0 Å². The number of aromatic nitrogens is 1. The second-order valence-electron chi connectivity index (χ2n) is 8.12. The van der Waals surface area contributed by atoms with Crippen molar-refractivity contribution >= 4 is 22.7 Å². The van der Waals surface area contributed by atoms with E-state index in [1.807, 2.05) is 47.4 Å². The molecule has 1 aromatic heterocycles. The molecule has 28 heavy (non-hydrogen) atoms. The summed E-state index contributed by atoms with van der Waals surface area (Å²) >= 11 is 0. The Kier molecular flexibility index (Phi) is 3.36. The van der Waals surface area contributed by atoms with Gasteiger partial charge in [0.25, 0.3) is 0 Å². The highest BCUT2D eigenvalue weighted by Gasteiger charge is 2.38. The molecule has 0 saturated heterocycles. The summed E-state index contributed by atoms with van der Waals surface area (Å²) in [5.74, 6) is 0.443. The van der Waals surface area contributed by atoms with E-state index in [0.29, 0.717) is 11.5 Å². The molecule has 1 atom stereocenters. The van der Waals surface area contributed by atoms with Crippen LogP contribution in [0.25, 0.3) is 17.0 Å². The second kappa shape index (κ2) is 5.82. The third-order valence-corrected chi connectivity index (χ3v) is 6.67. The maximum Gasteiger partial charge on any atom is 0.197 e. The van der Waals surface area contributed by atoms with Gasteiger partial charge in [-0.1, -0.05) is 36.8 Å². The van der Waals surface area contributed by atoms with Crippen LogP contribution in [0, 0.1) is 5.92 Å². The molecule has 1 saturated carbocycles. The van der Waals surface area contributed by atoms with Crippen LogP contribution in [0.15, 0.2) is 59.0 Å². The van der Waals surface area contributed by atoms with E-state index in [1.54, 1.807) is 0 Å². The minimum absolute atomic E-state index is 0.0395. The summed E-state index contributed by atoms with van der Waals surface area (Å²) in [6.45, 7) is 0.866. The van der Waals surface area contributed by atoms with Crippen LogP contribution in [-0.4, -0.2) is 9.67 Å². The Bertz CT molecular complexity index is 1190. The lowest BCUT2D eigenvalue weighted by molar-refractivity contribution is 0.168. The van der Waals surface area contributed by atoms with Crippen LogP contribution in [0.4, 0.5) is 5.69 Å². The Hall–Kier alpha value is -2.85. The minimum Gasteiger partial charge on any atom is -0.369 e. The lowest BCUT2D eigenvalue weighted by Crippen LogP contribution is -2.39. The molecule has 2 aromatic carbocycles. The predicted octanol–water partition coefficient (Wildman–Crippen LogP) is 4.21. The van der Waals surface area contributed by atoms with Crippen LogP contribution in [0.1, 0.15) is 42.3 Å². The molecule has 1 N–H and O–H groups in total. The number of fused-ring (bicyclic) bond motifs is 2. The second-order valence-corrected chi connectivity index (χ2v) is 8.12. The van der Waals surface area contributed by atoms with Gasteiger partial charge in [-0.2, -0.15) is 0 Å². The number of benzene rings is 2. The Morgan fingerprint density at radius 3 is 2.57 bits per heavy atom. The first kappa shape index (κ1) is 16.1. The fourth-order valence-electron chi connectivity index (χ4n) is 5.07. The van der Waals surface area contributed by atoms with E-state index in [0.717, 1.165) is 53.8 Å². The summed E-state index contributed by atoms with van der Waals surface area (Å²) in [6, 6.07) is 15.9. The molecule has 0 radical (unpaired) electrons. The van der Waals surface area contributed by atoms with Gasteiger partial charge >= 0.3 is 0 Å². The normalized spacial score (nSPS) is 20.8. The van der Waals surface area contributed by atoms with E-state index < -0.39 is 6.23 Å². The number of allylic oxidation sites excluding steroid dienone is 1. The molecule has 1 fully saturated rings. The van der Waals surface area contributed by atoms with E-state index in [4.69, 9.17) is 0 Å². The first-order valence-corrected chi connectivity index (χ1v) is 10.2. The summed E-state index contributed by atoms with van der Waals surface area (Å²) in [5.41, 5.74) is 5.74. The van der Waals surface area contributed by atoms with Crippen LogP contribution < -0.4 is 10.3 Å². The van der Waals surface area contributed by atoms with Gasteiger partial charge in [-0.05, 0) is 55.0 Å².